The smallest absolute Gasteiger partial charge is 0.264 e. The molecule has 0 aliphatic heterocycles. The SMILES string of the molecule is CCCNC(=O)[C@@H](Cc1ccccc1)N(Cc1ccccc1C)C(=O)CN(c1ccc(F)cc1)S(=O)(=O)c1ccc(OC)cc1. The summed E-state index contributed by atoms with van der Waals surface area (Å²) >= 11 is 0. The molecule has 2 amide bonds. The summed E-state index contributed by atoms with van der Waals surface area (Å²) in [7, 11) is -2.84. The summed E-state index contributed by atoms with van der Waals surface area (Å²) in [5.41, 5.74) is 2.69. The maximum absolute atomic E-state index is 14.4. The van der Waals surface area contributed by atoms with E-state index in [4.69, 9.17) is 4.74 Å². The fraction of sp³-hybridized carbons (Fsp3) is 0.257. The third-order valence-electron chi connectivity index (χ3n) is 7.46. The Morgan fingerprint density at radius 1 is 0.889 bits per heavy atom. The second kappa shape index (κ2) is 15.3. The Hall–Kier alpha value is -4.70. The Bertz CT molecular complexity index is 1680. The predicted molar refractivity (Wildman–Crippen MR) is 173 cm³/mol. The van der Waals surface area contributed by atoms with Crippen LogP contribution in [0.1, 0.15) is 30.0 Å². The Morgan fingerprint density at radius 3 is 2.16 bits per heavy atom. The van der Waals surface area contributed by atoms with E-state index in [9.17, 15) is 22.4 Å². The molecule has 0 aliphatic carbocycles. The zero-order chi connectivity index (χ0) is 32.4. The number of carbonyl (C=O) groups excluding carboxylic acids is 2. The number of amides is 2. The van der Waals surface area contributed by atoms with Crippen molar-refractivity contribution in [2.24, 2.45) is 0 Å². The number of sulfonamides is 1. The van der Waals surface area contributed by atoms with E-state index in [2.05, 4.69) is 5.32 Å². The third-order valence-corrected chi connectivity index (χ3v) is 9.25. The molecule has 0 saturated carbocycles. The monoisotopic (exact) mass is 631 g/mol. The van der Waals surface area contributed by atoms with Gasteiger partial charge in [-0.3, -0.25) is 13.9 Å². The number of benzene rings is 4. The highest BCUT2D eigenvalue weighted by Gasteiger charge is 2.34. The zero-order valence-corrected chi connectivity index (χ0v) is 26.5. The topological polar surface area (TPSA) is 96.0 Å². The Balaban J connectivity index is 1.80. The van der Waals surface area contributed by atoms with Crippen LogP contribution in [0.25, 0.3) is 0 Å². The molecule has 0 unspecified atom stereocenters. The van der Waals surface area contributed by atoms with Crippen LogP contribution < -0.4 is 14.4 Å². The normalized spacial score (nSPS) is 11.8. The molecular weight excluding hydrogens is 593 g/mol. The van der Waals surface area contributed by atoms with Gasteiger partial charge in [-0.15, -0.1) is 0 Å². The number of halogens is 1. The lowest BCUT2D eigenvalue weighted by Crippen LogP contribution is -2.53. The Morgan fingerprint density at radius 2 is 1.53 bits per heavy atom. The van der Waals surface area contributed by atoms with Crippen LogP contribution >= 0.6 is 0 Å². The van der Waals surface area contributed by atoms with E-state index in [0.717, 1.165) is 33.1 Å². The first-order chi connectivity index (χ1) is 21.6. The van der Waals surface area contributed by atoms with E-state index in [1.54, 1.807) is 0 Å². The van der Waals surface area contributed by atoms with Gasteiger partial charge in [0, 0.05) is 19.5 Å². The summed E-state index contributed by atoms with van der Waals surface area (Å²) in [6, 6.07) is 26.6. The standard InChI is InChI=1S/C35H38FN3O5S/c1-4-22-37-35(41)33(23-27-11-6-5-7-12-27)38(24-28-13-9-8-10-26(28)2)34(40)25-39(30-16-14-29(36)15-17-30)45(42,43)32-20-18-31(44-3)19-21-32/h5-21,33H,4,22-25H2,1-3H3,(H,37,41)/t33-/m1/s1. The van der Waals surface area contributed by atoms with Crippen molar-refractivity contribution in [3.63, 3.8) is 0 Å². The van der Waals surface area contributed by atoms with Gasteiger partial charge in [0.1, 0.15) is 24.2 Å². The summed E-state index contributed by atoms with van der Waals surface area (Å²) < 4.78 is 48.2. The van der Waals surface area contributed by atoms with E-state index in [1.807, 2.05) is 68.4 Å². The lowest BCUT2D eigenvalue weighted by Gasteiger charge is -2.34. The van der Waals surface area contributed by atoms with Crippen molar-refractivity contribution >= 4 is 27.5 Å². The van der Waals surface area contributed by atoms with Gasteiger partial charge in [0.15, 0.2) is 0 Å². The molecule has 1 atom stereocenters. The molecule has 4 aromatic rings. The van der Waals surface area contributed by atoms with Crippen LogP contribution in [0, 0.1) is 12.7 Å². The lowest BCUT2D eigenvalue weighted by molar-refractivity contribution is -0.140. The molecule has 45 heavy (non-hydrogen) atoms. The van der Waals surface area contributed by atoms with Crippen molar-refractivity contribution in [2.45, 2.75) is 44.2 Å². The van der Waals surface area contributed by atoms with E-state index < -0.39 is 34.3 Å². The molecule has 0 radical (unpaired) electrons. The average molecular weight is 632 g/mol. The minimum absolute atomic E-state index is 0.0718. The van der Waals surface area contributed by atoms with Crippen molar-refractivity contribution in [2.75, 3.05) is 24.5 Å². The quantitative estimate of drug-likeness (QED) is 0.198. The van der Waals surface area contributed by atoms with Crippen molar-refractivity contribution in [3.05, 3.63) is 126 Å². The number of nitrogens with one attached hydrogen (secondary N) is 1. The van der Waals surface area contributed by atoms with Crippen LogP contribution in [0.2, 0.25) is 0 Å². The van der Waals surface area contributed by atoms with Gasteiger partial charge >= 0.3 is 0 Å². The van der Waals surface area contributed by atoms with Gasteiger partial charge in [-0.2, -0.15) is 0 Å². The molecule has 8 nitrogen and oxygen atoms in total. The van der Waals surface area contributed by atoms with Gasteiger partial charge in [0.05, 0.1) is 17.7 Å². The number of aryl methyl sites for hydroxylation is 1. The van der Waals surface area contributed by atoms with Crippen LogP contribution in [0.5, 0.6) is 5.75 Å². The molecule has 4 aromatic carbocycles. The summed E-state index contributed by atoms with van der Waals surface area (Å²) in [6.45, 7) is 3.72. The van der Waals surface area contributed by atoms with E-state index >= 15 is 0 Å². The Labute approximate surface area is 264 Å². The van der Waals surface area contributed by atoms with Gasteiger partial charge in [0.25, 0.3) is 10.0 Å². The van der Waals surface area contributed by atoms with Gasteiger partial charge in [-0.1, -0.05) is 61.5 Å². The van der Waals surface area contributed by atoms with Gasteiger partial charge in [0.2, 0.25) is 11.8 Å². The molecule has 0 spiro atoms. The first kappa shape index (κ1) is 33.2. The summed E-state index contributed by atoms with van der Waals surface area (Å²) in [5, 5.41) is 2.93. The molecule has 236 valence electrons. The zero-order valence-electron chi connectivity index (χ0n) is 25.6. The van der Waals surface area contributed by atoms with Crippen LogP contribution in [0.3, 0.4) is 0 Å². The van der Waals surface area contributed by atoms with Gasteiger partial charge in [-0.05, 0) is 78.6 Å². The van der Waals surface area contributed by atoms with E-state index in [-0.39, 0.29) is 29.5 Å². The fourth-order valence-corrected chi connectivity index (χ4v) is 6.32. The number of hydrogen-bond acceptors (Lipinski definition) is 5. The minimum Gasteiger partial charge on any atom is -0.497 e. The number of carbonyl (C=O) groups is 2. The summed E-state index contributed by atoms with van der Waals surface area (Å²) in [6.07, 6.45) is 0.920. The van der Waals surface area contributed by atoms with Gasteiger partial charge < -0.3 is 15.0 Å². The number of hydrogen-bond donors (Lipinski definition) is 1. The van der Waals surface area contributed by atoms with Crippen molar-refractivity contribution in [1.29, 1.82) is 0 Å². The largest absolute Gasteiger partial charge is 0.497 e. The number of methoxy groups -OCH3 is 1. The molecule has 0 fully saturated rings. The molecule has 0 aromatic heterocycles. The van der Waals surface area contributed by atoms with Crippen LogP contribution in [-0.4, -0.2) is 51.4 Å². The average Bonchev–Trinajstić information content (AvgIpc) is 3.05. The van der Waals surface area contributed by atoms with Gasteiger partial charge in [-0.25, -0.2) is 12.8 Å². The number of rotatable bonds is 14. The minimum atomic E-state index is -4.31. The van der Waals surface area contributed by atoms with Crippen molar-refractivity contribution in [3.8, 4) is 5.75 Å². The highest BCUT2D eigenvalue weighted by atomic mass is 32.2. The maximum atomic E-state index is 14.4. The number of ether oxygens (including phenoxy) is 1. The predicted octanol–water partition coefficient (Wildman–Crippen LogP) is 5.50. The van der Waals surface area contributed by atoms with Crippen molar-refractivity contribution < 1.29 is 27.1 Å². The second-order valence-electron chi connectivity index (χ2n) is 10.6. The highest BCUT2D eigenvalue weighted by molar-refractivity contribution is 7.92. The maximum Gasteiger partial charge on any atom is 0.264 e. The van der Waals surface area contributed by atoms with Crippen LogP contribution in [0.4, 0.5) is 10.1 Å². The Kier molecular flexibility index (Phi) is 11.3. The first-order valence-electron chi connectivity index (χ1n) is 14.7. The van der Waals surface area contributed by atoms with E-state index in [1.165, 1.54) is 48.4 Å². The lowest BCUT2D eigenvalue weighted by atomic mass is 10.0. The van der Waals surface area contributed by atoms with Crippen molar-refractivity contribution in [1.82, 2.24) is 10.2 Å². The van der Waals surface area contributed by atoms with Crippen LogP contribution in [-0.2, 0) is 32.6 Å². The highest BCUT2D eigenvalue weighted by Crippen LogP contribution is 2.27. The number of nitrogens with zero attached hydrogens (tertiary/aromatic N) is 2. The van der Waals surface area contributed by atoms with E-state index in [0.29, 0.717) is 18.7 Å². The van der Waals surface area contributed by atoms with Crippen LogP contribution in [0.15, 0.2) is 108 Å². The molecule has 10 heteroatoms. The molecule has 0 aliphatic rings. The first-order valence-corrected chi connectivity index (χ1v) is 16.2. The fourth-order valence-electron chi connectivity index (χ4n) is 4.90. The molecule has 0 bridgehead atoms. The number of anilines is 1. The summed E-state index contributed by atoms with van der Waals surface area (Å²) in [5.74, 6) is -1.02. The molecule has 0 saturated heterocycles. The second-order valence-corrected chi connectivity index (χ2v) is 12.5. The molecule has 0 heterocycles. The molecular formula is C35H38FN3O5S. The molecule has 4 rings (SSSR count). The summed E-state index contributed by atoms with van der Waals surface area (Å²) in [4.78, 5) is 29.5. The molecule has 1 N–H and O–H groups in total. The third kappa shape index (κ3) is 8.48.